The number of ether oxygens (including phenoxy) is 1. The van der Waals surface area contributed by atoms with Crippen LogP contribution in [0.15, 0.2) is 35.1 Å². The molecule has 3 N–H and O–H groups in total. The number of carbonyl (C=O) groups excluding carboxylic acids is 1. The van der Waals surface area contributed by atoms with E-state index < -0.39 is 45.0 Å². The number of hydrogen-bond acceptors (Lipinski definition) is 5. The van der Waals surface area contributed by atoms with Gasteiger partial charge in [0.25, 0.3) is 11.5 Å². The zero-order valence-corrected chi connectivity index (χ0v) is 19.7. The molecular formula is C23H19F3N4O5S. The second-order valence-corrected chi connectivity index (χ2v) is 10.3. The molecule has 9 nitrogen and oxygen atoms in total. The van der Waals surface area contributed by atoms with Crippen LogP contribution < -0.4 is 10.3 Å². The van der Waals surface area contributed by atoms with Crippen molar-refractivity contribution in [3.8, 4) is 0 Å². The summed E-state index contributed by atoms with van der Waals surface area (Å²) in [5, 5.41) is 0.350. The summed E-state index contributed by atoms with van der Waals surface area (Å²) in [6.07, 6.45) is 0.917. The highest BCUT2D eigenvalue weighted by Gasteiger charge is 2.32. The van der Waals surface area contributed by atoms with Crippen LogP contribution in [-0.2, 0) is 21.4 Å². The van der Waals surface area contributed by atoms with Crippen LogP contribution in [0.1, 0.15) is 27.8 Å². The molecule has 2 aromatic carbocycles. The largest absolute Gasteiger partial charge is 0.373 e. The van der Waals surface area contributed by atoms with Crippen molar-refractivity contribution in [2.24, 2.45) is 0 Å². The minimum absolute atomic E-state index is 0.00419. The first-order valence-corrected chi connectivity index (χ1v) is 12.5. The van der Waals surface area contributed by atoms with Gasteiger partial charge in [0.1, 0.15) is 11.5 Å². The Morgan fingerprint density at radius 1 is 1.06 bits per heavy atom. The molecule has 2 aromatic heterocycles. The van der Waals surface area contributed by atoms with E-state index in [0.29, 0.717) is 11.3 Å². The van der Waals surface area contributed by atoms with Crippen molar-refractivity contribution in [1.29, 1.82) is 0 Å². The molecule has 0 bridgehead atoms. The third kappa shape index (κ3) is 4.09. The van der Waals surface area contributed by atoms with Gasteiger partial charge in [-0.25, -0.2) is 21.6 Å². The average molecular weight is 520 g/mol. The predicted octanol–water partition coefficient (Wildman–Crippen LogP) is 3.14. The molecule has 0 saturated heterocycles. The van der Waals surface area contributed by atoms with Gasteiger partial charge in [-0.3, -0.25) is 14.3 Å². The smallest absolute Gasteiger partial charge is 0.270 e. The van der Waals surface area contributed by atoms with Crippen LogP contribution in [0.4, 0.5) is 18.9 Å². The summed E-state index contributed by atoms with van der Waals surface area (Å²) in [5.41, 5.74) is 0.278. The number of sulfonamides is 1. The molecule has 1 unspecified atom stereocenters. The van der Waals surface area contributed by atoms with Gasteiger partial charge >= 0.3 is 0 Å². The summed E-state index contributed by atoms with van der Waals surface area (Å²) in [5.74, 6) is -3.61. The molecule has 0 fully saturated rings. The molecule has 1 amide bonds. The first kappa shape index (κ1) is 23.9. The van der Waals surface area contributed by atoms with Crippen molar-refractivity contribution in [2.75, 3.05) is 24.6 Å². The fraction of sp³-hybridized carbons (Fsp3) is 0.217. The number of H-pyrrole nitrogens is 2. The average Bonchev–Trinajstić information content (AvgIpc) is 3.22. The fourth-order valence-electron chi connectivity index (χ4n) is 4.48. The summed E-state index contributed by atoms with van der Waals surface area (Å²) in [7, 11) is -2.26. The van der Waals surface area contributed by atoms with Gasteiger partial charge in [-0.2, -0.15) is 0 Å². The number of amides is 1. The zero-order valence-electron chi connectivity index (χ0n) is 18.9. The lowest BCUT2D eigenvalue weighted by Crippen LogP contribution is -2.37. The number of pyridine rings is 1. The summed E-state index contributed by atoms with van der Waals surface area (Å²) in [4.78, 5) is 32.6. The maximum Gasteiger partial charge on any atom is 0.270 e. The van der Waals surface area contributed by atoms with Crippen molar-refractivity contribution in [3.05, 3.63) is 75.1 Å². The highest BCUT2D eigenvalue weighted by Crippen LogP contribution is 2.35. The maximum atomic E-state index is 14.1. The lowest BCUT2D eigenvalue weighted by molar-refractivity contribution is 0.0333. The van der Waals surface area contributed by atoms with Crippen LogP contribution in [0.5, 0.6) is 0 Å². The first-order valence-electron chi connectivity index (χ1n) is 10.6. The van der Waals surface area contributed by atoms with Gasteiger partial charge in [-0.15, -0.1) is 0 Å². The van der Waals surface area contributed by atoms with Crippen molar-refractivity contribution in [3.63, 3.8) is 0 Å². The van der Waals surface area contributed by atoms with Gasteiger partial charge < -0.3 is 19.6 Å². The van der Waals surface area contributed by atoms with E-state index in [2.05, 4.69) is 14.7 Å². The molecule has 5 rings (SSSR count). The number of nitrogens with zero attached hydrogens (tertiary/aromatic N) is 1. The van der Waals surface area contributed by atoms with Gasteiger partial charge in [0, 0.05) is 23.7 Å². The topological polar surface area (TPSA) is 124 Å². The molecule has 4 aromatic rings. The Morgan fingerprint density at radius 2 is 1.75 bits per heavy atom. The normalized spacial score (nSPS) is 15.8. The van der Waals surface area contributed by atoms with Gasteiger partial charge in [-0.1, -0.05) is 0 Å². The Kier molecular flexibility index (Phi) is 5.56. The minimum Gasteiger partial charge on any atom is -0.373 e. The summed E-state index contributed by atoms with van der Waals surface area (Å²) >= 11 is 0. The zero-order chi connectivity index (χ0) is 25.9. The van der Waals surface area contributed by atoms with Crippen LogP contribution in [0.2, 0.25) is 0 Å². The minimum atomic E-state index is -3.72. The molecule has 1 aliphatic rings. The van der Waals surface area contributed by atoms with E-state index >= 15 is 0 Å². The molecule has 0 spiro atoms. The number of aromatic amines is 2. The van der Waals surface area contributed by atoms with Crippen LogP contribution in [0, 0.1) is 17.5 Å². The molecule has 13 heteroatoms. The Bertz CT molecular complexity index is 1730. The number of carbonyl (C=O) groups is 1. The second kappa shape index (κ2) is 8.38. The number of rotatable bonds is 4. The van der Waals surface area contributed by atoms with Gasteiger partial charge in [0.05, 0.1) is 42.1 Å². The van der Waals surface area contributed by atoms with E-state index in [0.717, 1.165) is 30.5 Å². The molecule has 1 aliphatic heterocycles. The van der Waals surface area contributed by atoms with E-state index in [-0.39, 0.29) is 46.3 Å². The molecule has 188 valence electrons. The molecule has 0 aliphatic carbocycles. The SMILES string of the molecule is CN(C(=O)c1cc2c(NS(C)(=O)=O)cc(F)cc2[nH]1)C1COCc2[nH]c(=O)c3cc(F)c(F)cc3c21. The number of benzene rings is 2. The van der Waals surface area contributed by atoms with Gasteiger partial charge in [0.2, 0.25) is 10.0 Å². The number of halogens is 3. The number of hydrogen-bond donors (Lipinski definition) is 3. The Morgan fingerprint density at radius 3 is 2.44 bits per heavy atom. The standard InChI is InChI=1S/C23H19F3N4O5S/c1-30(23(32)18-7-13-16(27-18)3-10(24)4-17(13)29-36(2,33)34)20-9-35-8-19-21(20)11-5-14(25)15(26)6-12(11)22(31)28-19/h3-7,20,27,29H,8-9H2,1-2H3,(H,28,31). The molecule has 0 radical (unpaired) electrons. The van der Waals surface area contributed by atoms with Crippen molar-refractivity contribution >= 4 is 43.3 Å². The molecule has 36 heavy (non-hydrogen) atoms. The predicted molar refractivity (Wildman–Crippen MR) is 126 cm³/mol. The number of anilines is 1. The Balaban J connectivity index is 1.59. The van der Waals surface area contributed by atoms with Crippen LogP contribution in [-0.4, -0.2) is 49.1 Å². The van der Waals surface area contributed by atoms with E-state index in [1.54, 1.807) is 0 Å². The van der Waals surface area contributed by atoms with Crippen LogP contribution in [0.3, 0.4) is 0 Å². The van der Waals surface area contributed by atoms with Gasteiger partial charge in [-0.05, 0) is 35.7 Å². The third-order valence-electron chi connectivity index (χ3n) is 6.06. The van der Waals surface area contributed by atoms with E-state index in [4.69, 9.17) is 4.74 Å². The van der Waals surface area contributed by atoms with Crippen molar-refractivity contribution in [2.45, 2.75) is 12.6 Å². The monoisotopic (exact) mass is 520 g/mol. The molecular weight excluding hydrogens is 501 g/mol. The lowest BCUT2D eigenvalue weighted by Gasteiger charge is -2.33. The van der Waals surface area contributed by atoms with E-state index in [1.165, 1.54) is 18.0 Å². The summed E-state index contributed by atoms with van der Waals surface area (Å²) in [6.45, 7) is 0.00927. The van der Waals surface area contributed by atoms with Gasteiger partial charge in [0.15, 0.2) is 11.6 Å². The number of nitrogens with one attached hydrogen (secondary N) is 3. The number of fused-ring (bicyclic) bond motifs is 4. The van der Waals surface area contributed by atoms with Crippen molar-refractivity contribution < 1.29 is 31.1 Å². The summed E-state index contributed by atoms with van der Waals surface area (Å²) < 4.78 is 73.2. The number of aromatic nitrogens is 2. The fourth-order valence-corrected chi connectivity index (χ4v) is 5.05. The Labute approximate surface area is 201 Å². The quantitative estimate of drug-likeness (QED) is 0.381. The first-order chi connectivity index (χ1) is 16.9. The molecule has 3 heterocycles. The highest BCUT2D eigenvalue weighted by atomic mass is 32.2. The molecule has 1 atom stereocenters. The maximum absolute atomic E-state index is 14.1. The highest BCUT2D eigenvalue weighted by molar-refractivity contribution is 7.92. The Hall–Kier alpha value is -3.84. The summed E-state index contributed by atoms with van der Waals surface area (Å²) in [6, 6.07) is 4.43. The molecule has 0 saturated carbocycles. The van der Waals surface area contributed by atoms with E-state index in [1.807, 2.05) is 0 Å². The third-order valence-corrected chi connectivity index (χ3v) is 6.65. The van der Waals surface area contributed by atoms with Crippen LogP contribution >= 0.6 is 0 Å². The number of likely N-dealkylation sites (N-methyl/N-ethyl adjacent to an activating group) is 1. The van der Waals surface area contributed by atoms with Crippen molar-refractivity contribution in [1.82, 2.24) is 14.9 Å². The van der Waals surface area contributed by atoms with Crippen LogP contribution in [0.25, 0.3) is 21.7 Å². The van der Waals surface area contributed by atoms with E-state index in [9.17, 15) is 31.2 Å². The lowest BCUT2D eigenvalue weighted by atomic mass is 9.95. The second-order valence-electron chi connectivity index (χ2n) is 8.58.